The third-order valence-corrected chi connectivity index (χ3v) is 4.30. The maximum Gasteiger partial charge on any atom is 0.257 e. The molecule has 0 bridgehead atoms. The summed E-state index contributed by atoms with van der Waals surface area (Å²) in [6, 6.07) is 7.62. The van der Waals surface area contributed by atoms with Crippen molar-refractivity contribution in [3.63, 3.8) is 0 Å². The van der Waals surface area contributed by atoms with Crippen LogP contribution in [-0.4, -0.2) is 29.3 Å². The van der Waals surface area contributed by atoms with Gasteiger partial charge >= 0.3 is 0 Å². The zero-order valence-electron chi connectivity index (χ0n) is 15.5. The lowest BCUT2D eigenvalue weighted by Gasteiger charge is -2.09. The molecule has 9 heteroatoms. The summed E-state index contributed by atoms with van der Waals surface area (Å²) in [6.07, 6.45) is -0.000278. The van der Waals surface area contributed by atoms with Crippen LogP contribution < -0.4 is 21.5 Å². The van der Waals surface area contributed by atoms with E-state index in [0.717, 1.165) is 11.3 Å². The topological polar surface area (TPSA) is 112 Å². The lowest BCUT2D eigenvalue weighted by Crippen LogP contribution is -2.44. The van der Waals surface area contributed by atoms with E-state index in [1.165, 1.54) is 11.3 Å². The van der Waals surface area contributed by atoms with Crippen LogP contribution in [0.25, 0.3) is 0 Å². The number of benzene rings is 1. The van der Waals surface area contributed by atoms with E-state index in [1.54, 1.807) is 19.2 Å². The lowest BCUT2D eigenvalue weighted by atomic mass is 10.2. The van der Waals surface area contributed by atoms with E-state index in [0.29, 0.717) is 10.8 Å². The van der Waals surface area contributed by atoms with Crippen molar-refractivity contribution >= 4 is 39.9 Å². The van der Waals surface area contributed by atoms with Crippen molar-refractivity contribution in [1.29, 1.82) is 0 Å². The highest BCUT2D eigenvalue weighted by molar-refractivity contribution is 7.13. The SMILES string of the molecule is Cc1ccc(NCC(=O)NNC(=O)Cc2csc(NC(=O)C(C)C)n2)cc1. The molecule has 8 nitrogen and oxygen atoms in total. The molecule has 0 saturated heterocycles. The summed E-state index contributed by atoms with van der Waals surface area (Å²) in [4.78, 5) is 39.5. The number of hydrogen-bond acceptors (Lipinski definition) is 6. The molecule has 0 fully saturated rings. The van der Waals surface area contributed by atoms with Gasteiger partial charge in [0, 0.05) is 17.0 Å². The second-order valence-electron chi connectivity index (χ2n) is 6.28. The Morgan fingerprint density at radius 2 is 1.74 bits per heavy atom. The lowest BCUT2D eigenvalue weighted by molar-refractivity contribution is -0.127. The van der Waals surface area contributed by atoms with Crippen LogP contribution in [0.5, 0.6) is 0 Å². The van der Waals surface area contributed by atoms with E-state index >= 15 is 0 Å². The second-order valence-corrected chi connectivity index (χ2v) is 7.14. The van der Waals surface area contributed by atoms with Crippen molar-refractivity contribution in [1.82, 2.24) is 15.8 Å². The van der Waals surface area contributed by atoms with E-state index < -0.39 is 5.91 Å². The number of anilines is 2. The van der Waals surface area contributed by atoms with Crippen molar-refractivity contribution < 1.29 is 14.4 Å². The minimum Gasteiger partial charge on any atom is -0.376 e. The van der Waals surface area contributed by atoms with E-state index in [2.05, 4.69) is 26.5 Å². The molecule has 1 aromatic heterocycles. The number of carbonyl (C=O) groups is 3. The van der Waals surface area contributed by atoms with Crippen molar-refractivity contribution in [2.45, 2.75) is 27.2 Å². The number of hydrogen-bond donors (Lipinski definition) is 4. The van der Waals surface area contributed by atoms with Gasteiger partial charge in [0.25, 0.3) is 5.91 Å². The molecular weight excluding hydrogens is 366 g/mol. The van der Waals surface area contributed by atoms with Crippen LogP contribution in [0.15, 0.2) is 29.6 Å². The number of thiazole rings is 1. The summed E-state index contributed by atoms with van der Waals surface area (Å²) in [5.74, 6) is -1.05. The molecule has 0 radical (unpaired) electrons. The van der Waals surface area contributed by atoms with Gasteiger partial charge in [-0.05, 0) is 19.1 Å². The highest BCUT2D eigenvalue weighted by atomic mass is 32.1. The molecule has 0 aliphatic carbocycles. The highest BCUT2D eigenvalue weighted by Gasteiger charge is 2.12. The first-order chi connectivity index (χ1) is 12.8. The normalized spacial score (nSPS) is 10.4. The molecule has 2 aromatic rings. The van der Waals surface area contributed by atoms with Crippen molar-refractivity contribution in [2.75, 3.05) is 17.2 Å². The Morgan fingerprint density at radius 1 is 1.07 bits per heavy atom. The number of nitrogens with zero attached hydrogens (tertiary/aromatic N) is 1. The van der Waals surface area contributed by atoms with Gasteiger partial charge < -0.3 is 10.6 Å². The van der Waals surface area contributed by atoms with Crippen molar-refractivity contribution in [3.05, 3.63) is 40.9 Å². The Bertz CT molecular complexity index is 802. The number of aryl methyl sites for hydroxylation is 1. The van der Waals surface area contributed by atoms with Crippen LogP contribution >= 0.6 is 11.3 Å². The van der Waals surface area contributed by atoms with Crippen LogP contribution in [0.1, 0.15) is 25.1 Å². The van der Waals surface area contributed by atoms with Gasteiger partial charge in [-0.25, -0.2) is 4.98 Å². The minimum atomic E-state index is -0.397. The molecule has 4 N–H and O–H groups in total. The van der Waals surface area contributed by atoms with E-state index in [1.807, 2.05) is 31.2 Å². The fourth-order valence-electron chi connectivity index (χ4n) is 1.94. The Labute approximate surface area is 161 Å². The maximum absolute atomic E-state index is 11.9. The standard InChI is InChI=1S/C18H23N5O3S/c1-11(2)17(26)21-18-20-14(10-27-18)8-15(24)22-23-16(25)9-19-13-6-4-12(3)5-7-13/h4-7,10-11,19H,8-9H2,1-3H3,(H,22,24)(H,23,25)(H,20,21,26). The first-order valence-electron chi connectivity index (χ1n) is 8.47. The fraction of sp³-hybridized carbons (Fsp3) is 0.333. The molecule has 1 aromatic carbocycles. The molecule has 2 rings (SSSR count). The molecule has 0 spiro atoms. The number of amides is 3. The number of carbonyl (C=O) groups excluding carboxylic acids is 3. The predicted molar refractivity (Wildman–Crippen MR) is 105 cm³/mol. The average Bonchev–Trinajstić information content (AvgIpc) is 3.06. The number of aromatic nitrogens is 1. The van der Waals surface area contributed by atoms with Gasteiger partial charge in [-0.2, -0.15) is 0 Å². The van der Waals surface area contributed by atoms with E-state index in [9.17, 15) is 14.4 Å². The third kappa shape index (κ3) is 7.06. The molecule has 0 unspecified atom stereocenters. The molecule has 0 aliphatic rings. The molecule has 0 atom stereocenters. The summed E-state index contributed by atoms with van der Waals surface area (Å²) in [6.45, 7) is 5.59. The highest BCUT2D eigenvalue weighted by Crippen LogP contribution is 2.16. The molecule has 27 heavy (non-hydrogen) atoms. The Hall–Kier alpha value is -2.94. The largest absolute Gasteiger partial charge is 0.376 e. The van der Waals surface area contributed by atoms with Gasteiger partial charge in [0.05, 0.1) is 18.7 Å². The summed E-state index contributed by atoms with van der Waals surface area (Å²) >= 11 is 1.25. The van der Waals surface area contributed by atoms with Crippen LogP contribution in [0.3, 0.4) is 0 Å². The summed E-state index contributed by atoms with van der Waals surface area (Å²) in [7, 11) is 0. The van der Waals surface area contributed by atoms with E-state index in [4.69, 9.17) is 0 Å². The molecule has 0 saturated carbocycles. The van der Waals surface area contributed by atoms with Gasteiger partial charge in [0.15, 0.2) is 5.13 Å². The molecule has 144 valence electrons. The van der Waals surface area contributed by atoms with E-state index in [-0.39, 0.29) is 30.7 Å². The molecule has 3 amide bonds. The van der Waals surface area contributed by atoms with Crippen LogP contribution in [0.2, 0.25) is 0 Å². The zero-order valence-corrected chi connectivity index (χ0v) is 16.3. The predicted octanol–water partition coefficient (Wildman–Crippen LogP) is 1.85. The first kappa shape index (κ1) is 20.4. The second kappa shape index (κ2) is 9.67. The van der Waals surface area contributed by atoms with Gasteiger partial charge in [0.2, 0.25) is 11.8 Å². The maximum atomic E-state index is 11.9. The monoisotopic (exact) mass is 389 g/mol. The van der Waals surface area contributed by atoms with Crippen molar-refractivity contribution in [2.24, 2.45) is 5.92 Å². The van der Waals surface area contributed by atoms with Gasteiger partial charge in [0.1, 0.15) is 0 Å². The Kier molecular flexibility index (Phi) is 7.30. The van der Waals surface area contributed by atoms with Crippen LogP contribution in [0, 0.1) is 12.8 Å². The molecular formula is C18H23N5O3S. The van der Waals surface area contributed by atoms with Crippen molar-refractivity contribution in [3.8, 4) is 0 Å². The smallest absolute Gasteiger partial charge is 0.257 e. The quantitative estimate of drug-likeness (QED) is 0.540. The summed E-state index contributed by atoms with van der Waals surface area (Å²) < 4.78 is 0. The van der Waals surface area contributed by atoms with Gasteiger partial charge in [-0.15, -0.1) is 11.3 Å². The molecule has 0 aliphatic heterocycles. The van der Waals surface area contributed by atoms with Crippen LogP contribution in [0.4, 0.5) is 10.8 Å². The number of rotatable bonds is 7. The minimum absolute atomic E-state index is 0.000278. The number of nitrogens with one attached hydrogen (secondary N) is 4. The van der Waals surface area contributed by atoms with Crippen LogP contribution in [-0.2, 0) is 20.8 Å². The first-order valence-corrected chi connectivity index (χ1v) is 9.35. The zero-order chi connectivity index (χ0) is 19.8. The third-order valence-electron chi connectivity index (χ3n) is 3.49. The Morgan fingerprint density at radius 3 is 2.41 bits per heavy atom. The fourth-order valence-corrected chi connectivity index (χ4v) is 2.65. The Balaban J connectivity index is 1.71. The number of hydrazine groups is 1. The summed E-state index contributed by atoms with van der Waals surface area (Å²) in [5, 5.41) is 7.78. The van der Waals surface area contributed by atoms with Gasteiger partial charge in [-0.3, -0.25) is 25.2 Å². The average molecular weight is 389 g/mol. The molecule has 1 heterocycles. The van der Waals surface area contributed by atoms with Gasteiger partial charge in [-0.1, -0.05) is 31.5 Å². The summed E-state index contributed by atoms with van der Waals surface area (Å²) in [5.41, 5.74) is 7.15.